The molecular formula is C18H29ClN2O2. The van der Waals surface area contributed by atoms with Crippen LogP contribution in [0.15, 0.2) is 24.3 Å². The number of carbonyl (C=O) groups excluding carboxylic acids is 1. The van der Waals surface area contributed by atoms with Crippen LogP contribution in [0.1, 0.15) is 45.1 Å². The summed E-state index contributed by atoms with van der Waals surface area (Å²) >= 11 is 0. The van der Waals surface area contributed by atoms with Gasteiger partial charge in [0.15, 0.2) is 0 Å². The molecule has 0 aromatic heterocycles. The van der Waals surface area contributed by atoms with Crippen molar-refractivity contribution in [1.82, 2.24) is 5.32 Å². The molecule has 2 atom stereocenters. The first-order valence-corrected chi connectivity index (χ1v) is 8.10. The zero-order chi connectivity index (χ0) is 16.2. The lowest BCUT2D eigenvalue weighted by Gasteiger charge is -2.28. The molecule has 4 nitrogen and oxygen atoms in total. The van der Waals surface area contributed by atoms with Gasteiger partial charge in [-0.15, -0.1) is 12.4 Å². The summed E-state index contributed by atoms with van der Waals surface area (Å²) < 4.78 is 5.39. The van der Waals surface area contributed by atoms with Gasteiger partial charge in [-0.05, 0) is 50.7 Å². The van der Waals surface area contributed by atoms with Gasteiger partial charge >= 0.3 is 0 Å². The number of methoxy groups -OCH3 is 1. The van der Waals surface area contributed by atoms with Crippen LogP contribution < -0.4 is 15.8 Å². The van der Waals surface area contributed by atoms with Crippen LogP contribution in [-0.4, -0.2) is 24.6 Å². The molecule has 0 aliphatic heterocycles. The van der Waals surface area contributed by atoms with Crippen molar-refractivity contribution in [3.05, 3.63) is 29.8 Å². The molecule has 1 aliphatic rings. The topological polar surface area (TPSA) is 64.3 Å². The van der Waals surface area contributed by atoms with Crippen LogP contribution >= 0.6 is 12.4 Å². The van der Waals surface area contributed by atoms with Gasteiger partial charge in [-0.2, -0.15) is 0 Å². The number of hydrogen-bond donors (Lipinski definition) is 2. The molecule has 1 aromatic rings. The van der Waals surface area contributed by atoms with Gasteiger partial charge in [0, 0.05) is 18.0 Å². The lowest BCUT2D eigenvalue weighted by atomic mass is 9.93. The van der Waals surface area contributed by atoms with Gasteiger partial charge in [-0.1, -0.05) is 24.6 Å². The molecule has 0 saturated heterocycles. The fourth-order valence-electron chi connectivity index (χ4n) is 3.35. The number of carbonyl (C=O) groups is 1. The molecule has 1 aliphatic carbocycles. The van der Waals surface area contributed by atoms with Crippen LogP contribution in [-0.2, 0) is 11.2 Å². The summed E-state index contributed by atoms with van der Waals surface area (Å²) in [6, 6.07) is 8.12. The number of nitrogens with one attached hydrogen (secondary N) is 1. The van der Waals surface area contributed by atoms with Gasteiger partial charge in [-0.25, -0.2) is 0 Å². The number of benzene rings is 1. The second-order valence-electron chi connectivity index (χ2n) is 6.98. The van der Waals surface area contributed by atoms with E-state index >= 15 is 0 Å². The molecule has 1 saturated carbocycles. The second-order valence-corrected chi connectivity index (χ2v) is 6.98. The molecule has 0 spiro atoms. The van der Waals surface area contributed by atoms with E-state index in [4.69, 9.17) is 10.5 Å². The number of rotatable bonds is 6. The lowest BCUT2D eigenvalue weighted by molar-refractivity contribution is -0.123. The Balaban J connectivity index is 0.00000264. The van der Waals surface area contributed by atoms with Crippen molar-refractivity contribution >= 4 is 18.3 Å². The zero-order valence-corrected chi connectivity index (χ0v) is 15.1. The maximum atomic E-state index is 12.3. The van der Waals surface area contributed by atoms with Crippen LogP contribution in [0.5, 0.6) is 5.75 Å². The average Bonchev–Trinajstić information content (AvgIpc) is 2.83. The molecular weight excluding hydrogens is 312 g/mol. The maximum absolute atomic E-state index is 12.3. The minimum Gasteiger partial charge on any atom is -0.496 e. The molecule has 130 valence electrons. The quantitative estimate of drug-likeness (QED) is 0.836. The number of halogens is 1. The van der Waals surface area contributed by atoms with Crippen molar-refractivity contribution in [3.8, 4) is 5.75 Å². The van der Waals surface area contributed by atoms with Crippen LogP contribution in [0.2, 0.25) is 0 Å². The Hall–Kier alpha value is -1.26. The first-order valence-electron chi connectivity index (χ1n) is 8.10. The van der Waals surface area contributed by atoms with Crippen molar-refractivity contribution in [3.63, 3.8) is 0 Å². The molecule has 3 N–H and O–H groups in total. The summed E-state index contributed by atoms with van der Waals surface area (Å²) in [4.78, 5) is 12.3. The third-order valence-electron chi connectivity index (χ3n) is 4.47. The number of amides is 1. The number of ether oxygens (including phenoxy) is 1. The van der Waals surface area contributed by atoms with E-state index in [-0.39, 0.29) is 29.9 Å². The fourth-order valence-corrected chi connectivity index (χ4v) is 3.35. The molecule has 0 heterocycles. The highest BCUT2D eigenvalue weighted by atomic mass is 35.5. The smallest absolute Gasteiger partial charge is 0.220 e. The Labute approximate surface area is 145 Å². The third kappa shape index (κ3) is 5.70. The van der Waals surface area contributed by atoms with E-state index in [0.717, 1.165) is 37.0 Å². The SMILES string of the molecule is COc1ccccc1CC(C)(C)NC(=O)C[C@@H]1CCC[C@H]1N.Cl. The summed E-state index contributed by atoms with van der Waals surface area (Å²) in [5.41, 5.74) is 6.85. The van der Waals surface area contributed by atoms with Crippen molar-refractivity contribution in [2.75, 3.05) is 7.11 Å². The second kappa shape index (κ2) is 8.55. The summed E-state index contributed by atoms with van der Waals surface area (Å²) in [5.74, 6) is 1.30. The highest BCUT2D eigenvalue weighted by Gasteiger charge is 2.28. The Morgan fingerprint density at radius 2 is 2.04 bits per heavy atom. The number of hydrogen-bond acceptors (Lipinski definition) is 3. The Morgan fingerprint density at radius 3 is 2.65 bits per heavy atom. The largest absolute Gasteiger partial charge is 0.496 e. The fraction of sp³-hybridized carbons (Fsp3) is 0.611. The molecule has 0 bridgehead atoms. The van der Waals surface area contributed by atoms with E-state index in [2.05, 4.69) is 5.32 Å². The molecule has 2 rings (SSSR count). The molecule has 1 aromatic carbocycles. The van der Waals surface area contributed by atoms with Gasteiger partial charge in [-0.3, -0.25) is 4.79 Å². The predicted molar refractivity (Wildman–Crippen MR) is 96.1 cm³/mol. The Kier molecular flexibility index (Phi) is 7.36. The van der Waals surface area contributed by atoms with E-state index in [1.54, 1.807) is 7.11 Å². The monoisotopic (exact) mass is 340 g/mol. The first-order chi connectivity index (χ1) is 10.4. The lowest BCUT2D eigenvalue weighted by Crippen LogP contribution is -2.46. The normalized spacial score (nSPS) is 20.7. The van der Waals surface area contributed by atoms with Crippen molar-refractivity contribution < 1.29 is 9.53 Å². The van der Waals surface area contributed by atoms with Gasteiger partial charge < -0.3 is 15.8 Å². The van der Waals surface area contributed by atoms with E-state index in [9.17, 15) is 4.79 Å². The average molecular weight is 341 g/mol. The van der Waals surface area contributed by atoms with Crippen molar-refractivity contribution in [1.29, 1.82) is 0 Å². The Morgan fingerprint density at radius 1 is 1.35 bits per heavy atom. The molecule has 5 heteroatoms. The highest BCUT2D eigenvalue weighted by Crippen LogP contribution is 2.27. The minimum atomic E-state index is -0.311. The molecule has 23 heavy (non-hydrogen) atoms. The van der Waals surface area contributed by atoms with Crippen LogP contribution in [0.4, 0.5) is 0 Å². The van der Waals surface area contributed by atoms with Gasteiger partial charge in [0.1, 0.15) is 5.75 Å². The summed E-state index contributed by atoms with van der Waals surface area (Å²) in [5, 5.41) is 3.15. The standard InChI is InChI=1S/C18H28N2O2.ClH/c1-18(2,12-14-7-4-5-10-16(14)22-3)20-17(21)11-13-8-6-9-15(13)19;/h4-5,7,10,13,15H,6,8-9,11-12,19H2,1-3H3,(H,20,21);1H/t13-,15+;/m0./s1. The van der Waals surface area contributed by atoms with E-state index in [1.165, 1.54) is 0 Å². The first kappa shape index (κ1) is 19.8. The Bertz CT molecular complexity index is 519. The molecule has 0 radical (unpaired) electrons. The minimum absolute atomic E-state index is 0. The van der Waals surface area contributed by atoms with Crippen LogP contribution in [0.3, 0.4) is 0 Å². The molecule has 1 fully saturated rings. The number of para-hydroxylation sites is 1. The van der Waals surface area contributed by atoms with E-state index in [1.807, 2.05) is 38.1 Å². The zero-order valence-electron chi connectivity index (χ0n) is 14.3. The number of nitrogens with two attached hydrogens (primary N) is 1. The molecule has 1 amide bonds. The third-order valence-corrected chi connectivity index (χ3v) is 4.47. The van der Waals surface area contributed by atoms with Gasteiger partial charge in [0.05, 0.1) is 7.11 Å². The van der Waals surface area contributed by atoms with E-state index < -0.39 is 0 Å². The van der Waals surface area contributed by atoms with E-state index in [0.29, 0.717) is 12.3 Å². The van der Waals surface area contributed by atoms with Gasteiger partial charge in [0.2, 0.25) is 5.91 Å². The van der Waals surface area contributed by atoms with Crippen molar-refractivity contribution in [2.24, 2.45) is 11.7 Å². The molecule has 0 unspecified atom stereocenters. The van der Waals surface area contributed by atoms with Crippen LogP contribution in [0.25, 0.3) is 0 Å². The summed E-state index contributed by atoms with van der Waals surface area (Å²) in [6.07, 6.45) is 4.53. The summed E-state index contributed by atoms with van der Waals surface area (Å²) in [6.45, 7) is 4.10. The predicted octanol–water partition coefficient (Wildman–Crippen LogP) is 3.07. The van der Waals surface area contributed by atoms with Crippen molar-refractivity contribution in [2.45, 2.75) is 57.5 Å². The van der Waals surface area contributed by atoms with Crippen LogP contribution in [0, 0.1) is 5.92 Å². The highest BCUT2D eigenvalue weighted by molar-refractivity contribution is 5.85. The summed E-state index contributed by atoms with van der Waals surface area (Å²) in [7, 11) is 1.67. The maximum Gasteiger partial charge on any atom is 0.220 e. The van der Waals surface area contributed by atoms with Gasteiger partial charge in [0.25, 0.3) is 0 Å².